The molecule has 0 amide bonds. The predicted molar refractivity (Wildman–Crippen MR) is 81.4 cm³/mol. The Bertz CT molecular complexity index is 317. The zero-order valence-electron chi connectivity index (χ0n) is 13.2. The summed E-state index contributed by atoms with van der Waals surface area (Å²) in [6, 6.07) is 0.767. The fourth-order valence-corrected chi connectivity index (χ4v) is 4.73. The van der Waals surface area contributed by atoms with Gasteiger partial charge in [-0.05, 0) is 51.9 Å². The van der Waals surface area contributed by atoms with E-state index in [0.29, 0.717) is 11.1 Å². The average molecular weight is 264 g/mol. The highest BCUT2D eigenvalue weighted by atomic mass is 15.3. The average Bonchev–Trinajstić information content (AvgIpc) is 3.15. The first kappa shape index (κ1) is 13.9. The van der Waals surface area contributed by atoms with E-state index in [2.05, 4.69) is 31.0 Å². The molecule has 3 rings (SSSR count). The summed E-state index contributed by atoms with van der Waals surface area (Å²) >= 11 is 0. The van der Waals surface area contributed by atoms with E-state index in [1.54, 1.807) is 0 Å². The van der Waals surface area contributed by atoms with Gasteiger partial charge in [0.2, 0.25) is 0 Å². The van der Waals surface area contributed by atoms with Crippen LogP contribution >= 0.6 is 0 Å². The molecule has 110 valence electrons. The van der Waals surface area contributed by atoms with Crippen molar-refractivity contribution < 1.29 is 0 Å². The van der Waals surface area contributed by atoms with Crippen molar-refractivity contribution >= 4 is 0 Å². The highest BCUT2D eigenvalue weighted by Crippen LogP contribution is 2.46. The monoisotopic (exact) mass is 264 g/mol. The van der Waals surface area contributed by atoms with Crippen molar-refractivity contribution in [3.05, 3.63) is 0 Å². The lowest BCUT2D eigenvalue weighted by Crippen LogP contribution is -2.70. The smallest absolute Gasteiger partial charge is 0.0337 e. The normalized spacial score (nSPS) is 36.8. The van der Waals surface area contributed by atoms with Crippen LogP contribution in [-0.4, -0.2) is 35.1 Å². The lowest BCUT2D eigenvalue weighted by molar-refractivity contribution is -0.0236. The summed E-state index contributed by atoms with van der Waals surface area (Å²) < 4.78 is 0. The van der Waals surface area contributed by atoms with E-state index in [-0.39, 0.29) is 0 Å². The summed E-state index contributed by atoms with van der Waals surface area (Å²) in [5, 5.41) is 3.98. The van der Waals surface area contributed by atoms with Gasteiger partial charge >= 0.3 is 0 Å². The van der Waals surface area contributed by atoms with Gasteiger partial charge in [0.25, 0.3) is 0 Å². The Labute approximate surface area is 119 Å². The molecule has 1 heterocycles. The Hall–Kier alpha value is -0.0800. The van der Waals surface area contributed by atoms with Gasteiger partial charge in [0.15, 0.2) is 0 Å². The van der Waals surface area contributed by atoms with Gasteiger partial charge < -0.3 is 5.32 Å². The number of nitrogens with zero attached hydrogens (tertiary/aromatic N) is 1. The Morgan fingerprint density at radius 2 is 1.95 bits per heavy atom. The van der Waals surface area contributed by atoms with Crippen molar-refractivity contribution in [2.24, 2.45) is 5.92 Å². The quantitative estimate of drug-likeness (QED) is 0.835. The van der Waals surface area contributed by atoms with Crippen molar-refractivity contribution in [3.8, 4) is 0 Å². The zero-order chi connectivity index (χ0) is 13.5. The van der Waals surface area contributed by atoms with Crippen LogP contribution in [0.25, 0.3) is 0 Å². The molecule has 2 saturated carbocycles. The van der Waals surface area contributed by atoms with Crippen LogP contribution in [0, 0.1) is 5.92 Å². The number of nitrogens with one attached hydrogen (secondary N) is 1. The van der Waals surface area contributed by atoms with Crippen molar-refractivity contribution in [2.75, 3.05) is 13.1 Å². The molecule has 2 atom stereocenters. The van der Waals surface area contributed by atoms with E-state index in [0.717, 1.165) is 12.0 Å². The summed E-state index contributed by atoms with van der Waals surface area (Å²) in [5.74, 6) is 0.947. The molecule has 0 radical (unpaired) electrons. The van der Waals surface area contributed by atoms with Crippen LogP contribution in [0.2, 0.25) is 0 Å². The van der Waals surface area contributed by atoms with E-state index >= 15 is 0 Å². The number of hydrogen-bond acceptors (Lipinski definition) is 2. The van der Waals surface area contributed by atoms with Gasteiger partial charge in [0, 0.05) is 30.2 Å². The lowest BCUT2D eigenvalue weighted by atomic mass is 9.82. The minimum Gasteiger partial charge on any atom is -0.308 e. The van der Waals surface area contributed by atoms with Crippen molar-refractivity contribution in [3.63, 3.8) is 0 Å². The van der Waals surface area contributed by atoms with Crippen LogP contribution in [0.3, 0.4) is 0 Å². The molecule has 2 heteroatoms. The molecular weight excluding hydrogens is 232 g/mol. The molecule has 3 fully saturated rings. The first-order valence-electron chi connectivity index (χ1n) is 8.61. The van der Waals surface area contributed by atoms with Crippen LogP contribution in [0.1, 0.15) is 72.1 Å². The fraction of sp³-hybridized carbons (Fsp3) is 1.00. The topological polar surface area (TPSA) is 15.3 Å². The second kappa shape index (κ2) is 5.04. The van der Waals surface area contributed by atoms with Crippen molar-refractivity contribution in [2.45, 2.75) is 89.3 Å². The van der Waals surface area contributed by atoms with E-state index in [4.69, 9.17) is 0 Å². The van der Waals surface area contributed by atoms with E-state index in [1.165, 1.54) is 64.5 Å². The number of rotatable bonds is 4. The molecule has 2 aliphatic carbocycles. The number of hydrogen-bond donors (Lipinski definition) is 1. The third-order valence-corrected chi connectivity index (χ3v) is 6.18. The third-order valence-electron chi connectivity index (χ3n) is 6.18. The van der Waals surface area contributed by atoms with Gasteiger partial charge in [0.05, 0.1) is 0 Å². The van der Waals surface area contributed by atoms with E-state index in [1.807, 2.05) is 0 Å². The maximum absolute atomic E-state index is 3.98. The molecule has 1 aliphatic heterocycles. The molecule has 0 bridgehead atoms. The Morgan fingerprint density at radius 1 is 1.26 bits per heavy atom. The number of piperazine rings is 1. The summed E-state index contributed by atoms with van der Waals surface area (Å²) in [6.45, 7) is 9.83. The van der Waals surface area contributed by atoms with Gasteiger partial charge in [0.1, 0.15) is 0 Å². The Kier molecular flexibility index (Phi) is 3.68. The second-order valence-electron chi connectivity index (χ2n) is 7.74. The van der Waals surface area contributed by atoms with Crippen LogP contribution in [0.15, 0.2) is 0 Å². The summed E-state index contributed by atoms with van der Waals surface area (Å²) in [4.78, 5) is 2.93. The predicted octanol–water partition coefficient (Wildman–Crippen LogP) is 3.56. The highest BCUT2D eigenvalue weighted by molar-refractivity contribution is 5.11. The minimum atomic E-state index is 0.399. The molecule has 2 nitrogen and oxygen atoms in total. The largest absolute Gasteiger partial charge is 0.308 e. The molecule has 19 heavy (non-hydrogen) atoms. The molecule has 3 aliphatic rings. The van der Waals surface area contributed by atoms with Crippen LogP contribution in [0.4, 0.5) is 0 Å². The van der Waals surface area contributed by atoms with Crippen LogP contribution < -0.4 is 5.32 Å². The molecular formula is C17H32N2. The summed E-state index contributed by atoms with van der Waals surface area (Å²) in [7, 11) is 0. The van der Waals surface area contributed by atoms with Gasteiger partial charge in [-0.3, -0.25) is 4.90 Å². The first-order valence-corrected chi connectivity index (χ1v) is 8.61. The molecule has 0 aromatic rings. The maximum Gasteiger partial charge on any atom is 0.0337 e. The van der Waals surface area contributed by atoms with Crippen LogP contribution in [-0.2, 0) is 0 Å². The highest BCUT2D eigenvalue weighted by Gasteiger charge is 2.52. The summed E-state index contributed by atoms with van der Waals surface area (Å²) in [6.07, 6.45) is 11.3. The van der Waals surface area contributed by atoms with Gasteiger partial charge in [-0.2, -0.15) is 0 Å². The third kappa shape index (κ3) is 2.47. The molecule has 1 spiro atoms. The SMILES string of the molecule is CCCC(C)N1CC(C)(C2CC2)NCC12CCCC2. The summed E-state index contributed by atoms with van der Waals surface area (Å²) in [5.41, 5.74) is 0.902. The Balaban J connectivity index is 1.78. The standard InChI is InChI=1S/C17H32N2/c1-4-7-14(2)19-13-16(3,15-8-9-15)18-12-17(19)10-5-6-11-17/h14-15,18H,4-13H2,1-3H3. The van der Waals surface area contributed by atoms with E-state index < -0.39 is 0 Å². The van der Waals surface area contributed by atoms with Gasteiger partial charge in [-0.15, -0.1) is 0 Å². The van der Waals surface area contributed by atoms with Gasteiger partial charge in [-0.1, -0.05) is 26.2 Å². The zero-order valence-corrected chi connectivity index (χ0v) is 13.2. The minimum absolute atomic E-state index is 0.399. The second-order valence-corrected chi connectivity index (χ2v) is 7.74. The van der Waals surface area contributed by atoms with Crippen molar-refractivity contribution in [1.82, 2.24) is 10.2 Å². The van der Waals surface area contributed by atoms with E-state index in [9.17, 15) is 0 Å². The fourth-order valence-electron chi connectivity index (χ4n) is 4.73. The molecule has 0 aromatic heterocycles. The molecule has 1 N–H and O–H groups in total. The Morgan fingerprint density at radius 3 is 2.53 bits per heavy atom. The molecule has 2 unspecified atom stereocenters. The van der Waals surface area contributed by atoms with Gasteiger partial charge in [-0.25, -0.2) is 0 Å². The van der Waals surface area contributed by atoms with Crippen molar-refractivity contribution in [1.29, 1.82) is 0 Å². The first-order chi connectivity index (χ1) is 9.10. The molecule has 1 saturated heterocycles. The molecule has 0 aromatic carbocycles. The van der Waals surface area contributed by atoms with Crippen LogP contribution in [0.5, 0.6) is 0 Å². The lowest BCUT2D eigenvalue weighted by Gasteiger charge is -2.55. The maximum atomic E-state index is 3.98.